The number of aryl methyl sites for hydroxylation is 2. The highest BCUT2D eigenvalue weighted by Crippen LogP contribution is 2.14. The van der Waals surface area contributed by atoms with Gasteiger partial charge >= 0.3 is 11.7 Å². The van der Waals surface area contributed by atoms with Crippen LogP contribution in [-0.4, -0.2) is 34.6 Å². The minimum absolute atomic E-state index is 0.108. The number of thiophene rings is 1. The van der Waals surface area contributed by atoms with E-state index in [1.807, 2.05) is 0 Å². The topological polar surface area (TPSA) is 134 Å². The van der Waals surface area contributed by atoms with Gasteiger partial charge in [0, 0.05) is 27.1 Å². The van der Waals surface area contributed by atoms with Gasteiger partial charge in [0.2, 0.25) is 0 Å². The van der Waals surface area contributed by atoms with E-state index in [9.17, 15) is 19.2 Å². The molecule has 4 heterocycles. The number of carbonyl (C=O) groups excluding carboxylic acids is 1. The predicted molar refractivity (Wildman–Crippen MR) is 109 cm³/mol. The minimum atomic E-state index is -0.451. The quantitative estimate of drug-likeness (QED) is 0.434. The molecule has 4 aromatic heterocycles. The van der Waals surface area contributed by atoms with E-state index in [-0.39, 0.29) is 24.4 Å². The number of ether oxygens (including phenoxy) is 1. The molecule has 0 saturated heterocycles. The number of nitrogens with zero attached hydrogens (tertiary/aromatic N) is 5. The number of esters is 1. The summed E-state index contributed by atoms with van der Waals surface area (Å²) in [4.78, 5) is 59.4. The van der Waals surface area contributed by atoms with Crippen LogP contribution in [0.15, 0.2) is 32.2 Å². The maximum Gasteiger partial charge on any atom is 0.332 e. The lowest BCUT2D eigenvalue weighted by molar-refractivity contribution is -0.145. The maximum absolute atomic E-state index is 12.4. The molecule has 0 bridgehead atoms. The third kappa shape index (κ3) is 3.45. The van der Waals surface area contributed by atoms with Crippen LogP contribution < -0.4 is 16.8 Å². The van der Waals surface area contributed by atoms with Gasteiger partial charge in [-0.2, -0.15) is 0 Å². The zero-order valence-corrected chi connectivity index (χ0v) is 17.1. The molecule has 0 spiro atoms. The molecule has 1 N–H and O–H groups in total. The van der Waals surface area contributed by atoms with Crippen LogP contribution in [0.2, 0.25) is 0 Å². The van der Waals surface area contributed by atoms with Crippen LogP contribution in [0.25, 0.3) is 21.4 Å². The second-order valence-electron chi connectivity index (χ2n) is 6.73. The molecule has 4 aromatic rings. The molecular weight excluding hydrogens is 412 g/mol. The van der Waals surface area contributed by atoms with E-state index in [2.05, 4.69) is 15.0 Å². The van der Waals surface area contributed by atoms with Crippen molar-refractivity contribution in [3.63, 3.8) is 0 Å². The Morgan fingerprint density at radius 1 is 1.23 bits per heavy atom. The van der Waals surface area contributed by atoms with Crippen molar-refractivity contribution in [2.45, 2.75) is 26.0 Å². The molecule has 0 aliphatic heterocycles. The first kappa shape index (κ1) is 19.8. The van der Waals surface area contributed by atoms with Crippen molar-refractivity contribution in [1.82, 2.24) is 28.7 Å². The van der Waals surface area contributed by atoms with Crippen LogP contribution >= 0.6 is 11.3 Å². The van der Waals surface area contributed by atoms with Gasteiger partial charge in [-0.3, -0.25) is 23.5 Å². The zero-order chi connectivity index (χ0) is 21.4. The molecule has 0 unspecified atom stereocenters. The fraction of sp³-hybridized carbons (Fsp3) is 0.333. The van der Waals surface area contributed by atoms with Gasteiger partial charge < -0.3 is 14.3 Å². The average molecular weight is 430 g/mol. The fourth-order valence-corrected chi connectivity index (χ4v) is 3.90. The van der Waals surface area contributed by atoms with E-state index in [1.54, 1.807) is 23.1 Å². The number of hydrogen-bond donors (Lipinski definition) is 1. The van der Waals surface area contributed by atoms with Crippen molar-refractivity contribution >= 4 is 38.7 Å². The molecule has 0 amide bonds. The summed E-state index contributed by atoms with van der Waals surface area (Å²) in [5.74, 6) is -0.169. The number of H-pyrrole nitrogens is 1. The number of rotatable bonds is 6. The molecule has 0 aromatic carbocycles. The number of fused-ring (bicyclic) bond motifs is 2. The first-order chi connectivity index (χ1) is 14.4. The van der Waals surface area contributed by atoms with E-state index in [0.29, 0.717) is 34.3 Å². The zero-order valence-electron chi connectivity index (χ0n) is 16.2. The first-order valence-electron chi connectivity index (χ1n) is 9.09. The van der Waals surface area contributed by atoms with Crippen LogP contribution in [0.3, 0.4) is 0 Å². The second-order valence-corrected chi connectivity index (χ2v) is 7.64. The summed E-state index contributed by atoms with van der Waals surface area (Å²) in [6.07, 6.45) is 1.99. The Balaban J connectivity index is 1.38. The lowest BCUT2D eigenvalue weighted by atomic mass is 10.3. The van der Waals surface area contributed by atoms with Gasteiger partial charge in [0.1, 0.15) is 17.1 Å². The van der Waals surface area contributed by atoms with Crippen molar-refractivity contribution < 1.29 is 9.53 Å². The molecule has 12 heteroatoms. The van der Waals surface area contributed by atoms with Crippen LogP contribution in [0.1, 0.15) is 18.7 Å². The predicted octanol–water partition coefficient (Wildman–Crippen LogP) is 0.255. The maximum atomic E-state index is 12.4. The summed E-state index contributed by atoms with van der Waals surface area (Å²) in [6.45, 7) is 0.228. The molecule has 30 heavy (non-hydrogen) atoms. The first-order valence-corrected chi connectivity index (χ1v) is 9.97. The molecule has 4 rings (SSSR count). The molecule has 11 nitrogen and oxygen atoms in total. The van der Waals surface area contributed by atoms with Gasteiger partial charge in [-0.05, 0) is 17.9 Å². The Kier molecular flexibility index (Phi) is 5.08. The van der Waals surface area contributed by atoms with Gasteiger partial charge in [-0.1, -0.05) is 0 Å². The van der Waals surface area contributed by atoms with Gasteiger partial charge in [-0.15, -0.1) is 11.3 Å². The van der Waals surface area contributed by atoms with E-state index in [1.165, 1.54) is 29.3 Å². The molecule has 0 fully saturated rings. The Labute approximate surface area is 172 Å². The number of hydrogen-bond acceptors (Lipinski definition) is 8. The van der Waals surface area contributed by atoms with Gasteiger partial charge in [-0.25, -0.2) is 14.8 Å². The highest BCUT2D eigenvalue weighted by atomic mass is 32.1. The average Bonchev–Trinajstić information content (AvgIpc) is 3.36. The van der Waals surface area contributed by atoms with Crippen molar-refractivity contribution in [2.75, 3.05) is 0 Å². The third-order valence-corrected chi connectivity index (χ3v) is 5.63. The number of carbonyl (C=O) groups is 1. The van der Waals surface area contributed by atoms with Crippen molar-refractivity contribution in [1.29, 1.82) is 0 Å². The summed E-state index contributed by atoms with van der Waals surface area (Å²) in [5, 5.41) is 1.77. The minimum Gasteiger partial charge on any atom is -0.458 e. The standard InChI is InChI=1S/C18H18N6O5S/c1-22-15-13(17(27)23(2)18(22)28)24(9-19-15)6-3-4-12(25)29-8-11-20-10-5-7-30-14(10)16(26)21-11/h5,7,9H,3-4,6,8H2,1-2H3,(H,20,21,26). The lowest BCUT2D eigenvalue weighted by Gasteiger charge is -2.07. The summed E-state index contributed by atoms with van der Waals surface area (Å²) in [5.41, 5.74) is 0.0192. The van der Waals surface area contributed by atoms with Crippen LogP contribution in [-0.2, 0) is 36.8 Å². The second kappa shape index (κ2) is 7.71. The van der Waals surface area contributed by atoms with Crippen LogP contribution in [0, 0.1) is 0 Å². The van der Waals surface area contributed by atoms with Crippen LogP contribution in [0.4, 0.5) is 0 Å². The normalized spacial score (nSPS) is 11.4. The summed E-state index contributed by atoms with van der Waals surface area (Å²) in [7, 11) is 2.95. The Hall–Kier alpha value is -3.54. The molecule has 0 radical (unpaired) electrons. The SMILES string of the molecule is Cn1c(=O)c2c(ncn2CCCC(=O)OCc2nc3ccsc3c(=O)[nH]2)n(C)c1=O. The number of aromatic amines is 1. The molecule has 0 atom stereocenters. The number of aromatic nitrogens is 6. The van der Waals surface area contributed by atoms with E-state index in [0.717, 1.165) is 4.57 Å². The summed E-state index contributed by atoms with van der Waals surface area (Å²) >= 11 is 1.30. The lowest BCUT2D eigenvalue weighted by Crippen LogP contribution is -2.37. The molecular formula is C18H18N6O5S. The van der Waals surface area contributed by atoms with Gasteiger partial charge in [0.05, 0.1) is 11.8 Å². The Bertz CT molecular complexity index is 1440. The molecule has 156 valence electrons. The third-order valence-electron chi connectivity index (χ3n) is 4.73. The summed E-state index contributed by atoms with van der Waals surface area (Å²) in [6, 6.07) is 1.73. The monoisotopic (exact) mass is 430 g/mol. The Morgan fingerprint density at radius 2 is 2.03 bits per heavy atom. The van der Waals surface area contributed by atoms with E-state index >= 15 is 0 Å². The fourth-order valence-electron chi connectivity index (χ4n) is 3.17. The van der Waals surface area contributed by atoms with Gasteiger partial charge in [0.15, 0.2) is 11.2 Å². The van der Waals surface area contributed by atoms with E-state index in [4.69, 9.17) is 4.74 Å². The van der Waals surface area contributed by atoms with Crippen molar-refractivity contribution in [2.24, 2.45) is 14.1 Å². The largest absolute Gasteiger partial charge is 0.458 e. The highest BCUT2D eigenvalue weighted by molar-refractivity contribution is 7.17. The van der Waals surface area contributed by atoms with E-state index < -0.39 is 17.2 Å². The summed E-state index contributed by atoms with van der Waals surface area (Å²) < 4.78 is 9.66. The number of imidazole rings is 1. The molecule has 0 aliphatic carbocycles. The van der Waals surface area contributed by atoms with Crippen molar-refractivity contribution in [3.05, 3.63) is 54.8 Å². The Morgan fingerprint density at radius 3 is 2.83 bits per heavy atom. The smallest absolute Gasteiger partial charge is 0.332 e. The number of nitrogens with one attached hydrogen (secondary N) is 1. The van der Waals surface area contributed by atoms with Gasteiger partial charge in [0.25, 0.3) is 11.1 Å². The molecule has 0 saturated carbocycles. The molecule has 0 aliphatic rings. The highest BCUT2D eigenvalue weighted by Gasteiger charge is 2.14. The van der Waals surface area contributed by atoms with Crippen LogP contribution in [0.5, 0.6) is 0 Å². The van der Waals surface area contributed by atoms with Crippen molar-refractivity contribution in [3.8, 4) is 0 Å².